The summed E-state index contributed by atoms with van der Waals surface area (Å²) in [6.07, 6.45) is 6.20. The molecule has 116 valence electrons. The third-order valence-electron chi connectivity index (χ3n) is 4.99. The average Bonchev–Trinajstić information content (AvgIpc) is 2.57. The lowest BCUT2D eigenvalue weighted by Crippen LogP contribution is -2.50. The molecule has 22 heavy (non-hydrogen) atoms. The number of piperidine rings is 1. The van der Waals surface area contributed by atoms with Crippen molar-refractivity contribution in [3.05, 3.63) is 66.0 Å². The Labute approximate surface area is 133 Å². The summed E-state index contributed by atoms with van der Waals surface area (Å²) in [5.74, 6) is 0. The summed E-state index contributed by atoms with van der Waals surface area (Å²) in [5.41, 5.74) is 2.88. The first kappa shape index (κ1) is 15.2. The van der Waals surface area contributed by atoms with Crippen molar-refractivity contribution in [3.8, 4) is 0 Å². The molecule has 1 aliphatic heterocycles. The molecule has 3 heteroatoms. The minimum atomic E-state index is 0.126. The van der Waals surface area contributed by atoms with Crippen molar-refractivity contribution >= 4 is 0 Å². The summed E-state index contributed by atoms with van der Waals surface area (Å²) in [6, 6.07) is 15.0. The average molecular weight is 295 g/mol. The Hall–Kier alpha value is -1.71. The molecule has 1 fully saturated rings. The highest BCUT2D eigenvalue weighted by Crippen LogP contribution is 2.37. The van der Waals surface area contributed by atoms with Gasteiger partial charge in [0, 0.05) is 37.6 Å². The molecule has 0 spiro atoms. The fraction of sp³-hybridized carbons (Fsp3) is 0.421. The zero-order valence-corrected chi connectivity index (χ0v) is 13.6. The van der Waals surface area contributed by atoms with Gasteiger partial charge < -0.3 is 0 Å². The molecule has 0 unspecified atom stereocenters. The van der Waals surface area contributed by atoms with Crippen LogP contribution >= 0.6 is 0 Å². The van der Waals surface area contributed by atoms with Crippen LogP contribution in [0, 0.1) is 0 Å². The molecule has 2 aromatic rings. The highest BCUT2D eigenvalue weighted by molar-refractivity contribution is 5.22. The number of benzene rings is 1. The van der Waals surface area contributed by atoms with Gasteiger partial charge in [0.2, 0.25) is 0 Å². The summed E-state index contributed by atoms with van der Waals surface area (Å²) in [4.78, 5) is 9.28. The van der Waals surface area contributed by atoms with Gasteiger partial charge in [-0.2, -0.15) is 0 Å². The van der Waals surface area contributed by atoms with Crippen LogP contribution in [0.1, 0.15) is 24.0 Å². The molecule has 0 atom stereocenters. The van der Waals surface area contributed by atoms with E-state index in [1.807, 2.05) is 12.4 Å². The number of hydrogen-bond donors (Lipinski definition) is 0. The van der Waals surface area contributed by atoms with Gasteiger partial charge in [0.25, 0.3) is 0 Å². The molecular formula is C19H25N3. The van der Waals surface area contributed by atoms with Crippen LogP contribution in [0.3, 0.4) is 0 Å². The van der Waals surface area contributed by atoms with Crippen molar-refractivity contribution in [3.63, 3.8) is 0 Å². The minimum Gasteiger partial charge on any atom is -0.300 e. The lowest BCUT2D eigenvalue weighted by Gasteiger charge is -2.46. The molecule has 1 aliphatic rings. The Morgan fingerprint density at radius 3 is 2.36 bits per heavy atom. The fourth-order valence-electron chi connectivity index (χ4n) is 3.55. The Kier molecular flexibility index (Phi) is 4.55. The molecule has 3 rings (SSSR count). The van der Waals surface area contributed by atoms with Gasteiger partial charge in [-0.25, -0.2) is 0 Å². The van der Waals surface area contributed by atoms with E-state index in [9.17, 15) is 0 Å². The van der Waals surface area contributed by atoms with Crippen molar-refractivity contribution < 1.29 is 0 Å². The van der Waals surface area contributed by atoms with Crippen molar-refractivity contribution in [1.29, 1.82) is 0 Å². The number of likely N-dealkylation sites (tertiary alicyclic amines) is 1. The maximum atomic E-state index is 4.33. The van der Waals surface area contributed by atoms with Crippen molar-refractivity contribution in [2.45, 2.75) is 24.9 Å². The van der Waals surface area contributed by atoms with Crippen LogP contribution in [0.25, 0.3) is 0 Å². The van der Waals surface area contributed by atoms with Crippen LogP contribution in [-0.2, 0) is 12.1 Å². The largest absolute Gasteiger partial charge is 0.300 e. The summed E-state index contributed by atoms with van der Waals surface area (Å²) < 4.78 is 0. The van der Waals surface area contributed by atoms with E-state index in [2.05, 4.69) is 71.3 Å². The second-order valence-corrected chi connectivity index (χ2v) is 6.43. The number of hydrogen-bond acceptors (Lipinski definition) is 3. The predicted molar refractivity (Wildman–Crippen MR) is 90.6 cm³/mol. The lowest BCUT2D eigenvalue weighted by atomic mass is 9.80. The Morgan fingerprint density at radius 1 is 1.05 bits per heavy atom. The first-order valence-corrected chi connectivity index (χ1v) is 8.05. The van der Waals surface area contributed by atoms with Gasteiger partial charge in [0.05, 0.1) is 0 Å². The van der Waals surface area contributed by atoms with E-state index in [0.29, 0.717) is 0 Å². The van der Waals surface area contributed by atoms with E-state index < -0.39 is 0 Å². The molecule has 3 nitrogen and oxygen atoms in total. The van der Waals surface area contributed by atoms with Gasteiger partial charge in [0.1, 0.15) is 0 Å². The van der Waals surface area contributed by atoms with Crippen LogP contribution in [0.2, 0.25) is 0 Å². The molecule has 2 heterocycles. The van der Waals surface area contributed by atoms with Gasteiger partial charge in [-0.3, -0.25) is 14.8 Å². The zero-order valence-electron chi connectivity index (χ0n) is 13.6. The molecule has 1 aromatic heterocycles. The minimum absolute atomic E-state index is 0.126. The van der Waals surface area contributed by atoms with E-state index in [1.165, 1.54) is 11.1 Å². The molecule has 0 saturated carbocycles. The van der Waals surface area contributed by atoms with Crippen LogP contribution in [0.15, 0.2) is 54.9 Å². The Morgan fingerprint density at radius 2 is 1.77 bits per heavy atom. The number of pyridine rings is 1. The molecule has 1 saturated heterocycles. The summed E-state index contributed by atoms with van der Waals surface area (Å²) >= 11 is 0. The molecule has 0 bridgehead atoms. The van der Waals surface area contributed by atoms with E-state index in [1.54, 1.807) is 0 Å². The third-order valence-corrected chi connectivity index (χ3v) is 4.99. The molecular weight excluding hydrogens is 270 g/mol. The van der Waals surface area contributed by atoms with E-state index in [4.69, 9.17) is 0 Å². The second-order valence-electron chi connectivity index (χ2n) is 6.43. The number of nitrogens with zero attached hydrogens (tertiary/aromatic N) is 3. The first-order chi connectivity index (χ1) is 10.7. The zero-order chi connectivity index (χ0) is 15.4. The Balaban J connectivity index is 1.71. The van der Waals surface area contributed by atoms with Crippen LogP contribution in [0.5, 0.6) is 0 Å². The van der Waals surface area contributed by atoms with Crippen LogP contribution < -0.4 is 0 Å². The molecule has 1 aromatic carbocycles. The topological polar surface area (TPSA) is 19.4 Å². The molecule has 0 amide bonds. The smallest absolute Gasteiger partial charge is 0.0494 e. The number of aromatic nitrogens is 1. The van der Waals surface area contributed by atoms with Crippen molar-refractivity contribution in [2.24, 2.45) is 0 Å². The number of rotatable bonds is 4. The van der Waals surface area contributed by atoms with Crippen LogP contribution in [0.4, 0.5) is 0 Å². The molecule has 0 aliphatic carbocycles. The second kappa shape index (κ2) is 6.59. The standard InChI is InChI=1S/C19H25N3/c1-21(2)19(18-9-6-12-20-15-18)10-13-22(14-11-19)16-17-7-4-3-5-8-17/h3-9,12,15H,10-11,13-14,16H2,1-2H3. The van der Waals surface area contributed by atoms with Gasteiger partial charge in [-0.05, 0) is 44.1 Å². The van der Waals surface area contributed by atoms with E-state index >= 15 is 0 Å². The van der Waals surface area contributed by atoms with Crippen molar-refractivity contribution in [1.82, 2.24) is 14.8 Å². The quantitative estimate of drug-likeness (QED) is 0.864. The fourth-order valence-corrected chi connectivity index (χ4v) is 3.55. The van der Waals surface area contributed by atoms with E-state index in [0.717, 1.165) is 32.5 Å². The summed E-state index contributed by atoms with van der Waals surface area (Å²) in [6.45, 7) is 3.31. The maximum absolute atomic E-state index is 4.33. The normalized spacial score (nSPS) is 18.5. The predicted octanol–water partition coefficient (Wildman–Crippen LogP) is 3.13. The monoisotopic (exact) mass is 295 g/mol. The molecule has 0 N–H and O–H groups in total. The Bertz CT molecular complexity index is 572. The first-order valence-electron chi connectivity index (χ1n) is 8.05. The SMILES string of the molecule is CN(C)C1(c2cccnc2)CCN(Cc2ccccc2)CC1. The summed E-state index contributed by atoms with van der Waals surface area (Å²) in [5, 5.41) is 0. The van der Waals surface area contributed by atoms with Gasteiger partial charge in [0.15, 0.2) is 0 Å². The van der Waals surface area contributed by atoms with Crippen LogP contribution in [-0.4, -0.2) is 42.0 Å². The lowest BCUT2D eigenvalue weighted by molar-refractivity contribution is 0.0504. The van der Waals surface area contributed by atoms with E-state index in [-0.39, 0.29) is 5.54 Å². The van der Waals surface area contributed by atoms with Crippen molar-refractivity contribution in [2.75, 3.05) is 27.2 Å². The maximum Gasteiger partial charge on any atom is 0.0494 e. The van der Waals surface area contributed by atoms with Gasteiger partial charge in [-0.15, -0.1) is 0 Å². The highest BCUT2D eigenvalue weighted by Gasteiger charge is 2.38. The third kappa shape index (κ3) is 3.06. The van der Waals surface area contributed by atoms with Gasteiger partial charge in [-0.1, -0.05) is 36.4 Å². The highest BCUT2D eigenvalue weighted by atomic mass is 15.2. The summed E-state index contributed by atoms with van der Waals surface area (Å²) in [7, 11) is 4.39. The van der Waals surface area contributed by atoms with Gasteiger partial charge >= 0.3 is 0 Å². The molecule has 0 radical (unpaired) electrons.